The molecule has 4 rings (SSSR count). The molecular weight excluding hydrogens is 312 g/mol. The number of para-hydroxylation sites is 1. The molecule has 0 unspecified atom stereocenters. The molecule has 0 bridgehead atoms. The van der Waals surface area contributed by atoms with Crippen LogP contribution in [0.25, 0.3) is 0 Å². The van der Waals surface area contributed by atoms with E-state index in [0.717, 1.165) is 43.9 Å². The van der Waals surface area contributed by atoms with E-state index >= 15 is 0 Å². The van der Waals surface area contributed by atoms with E-state index in [1.54, 1.807) is 0 Å². The summed E-state index contributed by atoms with van der Waals surface area (Å²) >= 11 is 0. The number of hydrogen-bond acceptors (Lipinski definition) is 3. The lowest BCUT2D eigenvalue weighted by molar-refractivity contribution is 0.0362. The molecule has 1 aromatic rings. The van der Waals surface area contributed by atoms with Crippen molar-refractivity contribution in [2.24, 2.45) is 5.92 Å². The Bertz CT molecular complexity index is 595. The van der Waals surface area contributed by atoms with Crippen LogP contribution in [0.3, 0.4) is 0 Å². The molecule has 3 fully saturated rings. The number of likely N-dealkylation sites (tertiary alicyclic amines) is 1. The van der Waals surface area contributed by atoms with Gasteiger partial charge in [-0.05, 0) is 63.7 Å². The Morgan fingerprint density at radius 1 is 0.960 bits per heavy atom. The van der Waals surface area contributed by atoms with E-state index in [2.05, 4.69) is 4.90 Å². The third kappa shape index (κ3) is 3.69. The highest BCUT2D eigenvalue weighted by Gasteiger charge is 2.33. The van der Waals surface area contributed by atoms with Crippen LogP contribution >= 0.6 is 0 Å². The Labute approximate surface area is 151 Å². The molecule has 3 aliphatic heterocycles. The monoisotopic (exact) mass is 342 g/mol. The van der Waals surface area contributed by atoms with Crippen molar-refractivity contribution in [2.75, 3.05) is 32.8 Å². The van der Waals surface area contributed by atoms with Crippen molar-refractivity contribution in [3.05, 3.63) is 29.8 Å². The largest absolute Gasteiger partial charge is 0.492 e. The first-order valence-electron chi connectivity index (χ1n) is 10.1. The number of rotatable bonds is 4. The smallest absolute Gasteiger partial charge is 0.257 e. The molecular formula is C21H30N2O2. The van der Waals surface area contributed by atoms with Crippen molar-refractivity contribution >= 4 is 5.91 Å². The minimum absolute atomic E-state index is 0.135. The maximum atomic E-state index is 12.8. The number of benzene rings is 1. The number of fused-ring (bicyclic) bond motifs is 1. The minimum atomic E-state index is 0.135. The summed E-state index contributed by atoms with van der Waals surface area (Å²) in [7, 11) is 0. The number of carbonyl (C=O) groups is 1. The van der Waals surface area contributed by atoms with E-state index < -0.39 is 0 Å². The van der Waals surface area contributed by atoms with Gasteiger partial charge in [-0.3, -0.25) is 9.69 Å². The quantitative estimate of drug-likeness (QED) is 0.839. The SMILES string of the molecule is O=C(c1ccccc1OC[C@@H]1CCCN2CCCC[C@H]12)N1CCCC1. The summed E-state index contributed by atoms with van der Waals surface area (Å²) in [5.41, 5.74) is 0.737. The third-order valence-electron chi connectivity index (χ3n) is 6.19. The fourth-order valence-electron chi connectivity index (χ4n) is 4.83. The highest BCUT2D eigenvalue weighted by atomic mass is 16.5. The minimum Gasteiger partial charge on any atom is -0.492 e. The molecule has 0 spiro atoms. The topological polar surface area (TPSA) is 32.8 Å². The predicted molar refractivity (Wildman–Crippen MR) is 99.0 cm³/mol. The van der Waals surface area contributed by atoms with Crippen LogP contribution in [0.1, 0.15) is 55.3 Å². The molecule has 3 aliphatic rings. The van der Waals surface area contributed by atoms with Crippen LogP contribution in [0, 0.1) is 5.92 Å². The van der Waals surface area contributed by atoms with Crippen LogP contribution < -0.4 is 4.74 Å². The van der Waals surface area contributed by atoms with Crippen molar-refractivity contribution < 1.29 is 9.53 Å². The second-order valence-corrected chi connectivity index (χ2v) is 7.81. The zero-order valence-corrected chi connectivity index (χ0v) is 15.2. The normalized spacial score (nSPS) is 27.1. The summed E-state index contributed by atoms with van der Waals surface area (Å²) in [5, 5.41) is 0. The Morgan fingerprint density at radius 3 is 2.60 bits per heavy atom. The Morgan fingerprint density at radius 2 is 1.72 bits per heavy atom. The summed E-state index contributed by atoms with van der Waals surface area (Å²) in [6.07, 6.45) is 8.77. The Kier molecular flexibility index (Phi) is 5.25. The lowest BCUT2D eigenvalue weighted by Gasteiger charge is -2.44. The van der Waals surface area contributed by atoms with Gasteiger partial charge < -0.3 is 9.64 Å². The van der Waals surface area contributed by atoms with Gasteiger partial charge in [0.25, 0.3) is 5.91 Å². The van der Waals surface area contributed by atoms with Crippen molar-refractivity contribution in [1.29, 1.82) is 0 Å². The standard InChI is InChI=1S/C21H30N2O2/c24-21(23-13-5-6-14-23)18-9-1-2-11-20(18)25-16-17-8-7-15-22-12-4-3-10-19(17)22/h1-2,9,11,17,19H,3-8,10,12-16H2/t17-,19+/m0/s1. The summed E-state index contributed by atoms with van der Waals surface area (Å²) in [6, 6.07) is 8.49. The molecule has 25 heavy (non-hydrogen) atoms. The van der Waals surface area contributed by atoms with Gasteiger partial charge in [0, 0.05) is 25.0 Å². The van der Waals surface area contributed by atoms with Gasteiger partial charge >= 0.3 is 0 Å². The number of ether oxygens (including phenoxy) is 1. The lowest BCUT2D eigenvalue weighted by atomic mass is 9.84. The van der Waals surface area contributed by atoms with Gasteiger partial charge in [-0.2, -0.15) is 0 Å². The molecule has 4 nitrogen and oxygen atoms in total. The molecule has 1 aromatic carbocycles. The molecule has 0 aliphatic carbocycles. The van der Waals surface area contributed by atoms with Gasteiger partial charge in [-0.25, -0.2) is 0 Å². The fraction of sp³-hybridized carbons (Fsp3) is 0.667. The van der Waals surface area contributed by atoms with Crippen LogP contribution in [-0.2, 0) is 0 Å². The van der Waals surface area contributed by atoms with E-state index in [1.807, 2.05) is 29.2 Å². The van der Waals surface area contributed by atoms with Crippen molar-refractivity contribution in [3.8, 4) is 5.75 Å². The van der Waals surface area contributed by atoms with E-state index in [-0.39, 0.29) is 5.91 Å². The van der Waals surface area contributed by atoms with Crippen LogP contribution in [-0.4, -0.2) is 54.5 Å². The van der Waals surface area contributed by atoms with E-state index in [0.29, 0.717) is 12.0 Å². The highest BCUT2D eigenvalue weighted by molar-refractivity contribution is 5.97. The van der Waals surface area contributed by atoms with Crippen LogP contribution in [0.5, 0.6) is 5.75 Å². The zero-order valence-electron chi connectivity index (χ0n) is 15.2. The molecule has 0 radical (unpaired) electrons. The second kappa shape index (κ2) is 7.77. The van der Waals surface area contributed by atoms with Gasteiger partial charge in [-0.1, -0.05) is 18.6 Å². The van der Waals surface area contributed by atoms with Gasteiger partial charge in [0.15, 0.2) is 0 Å². The molecule has 1 amide bonds. The second-order valence-electron chi connectivity index (χ2n) is 7.81. The van der Waals surface area contributed by atoms with Crippen molar-refractivity contribution in [3.63, 3.8) is 0 Å². The molecule has 4 heteroatoms. The number of hydrogen-bond donors (Lipinski definition) is 0. The van der Waals surface area contributed by atoms with Crippen molar-refractivity contribution in [2.45, 2.75) is 51.0 Å². The first-order valence-corrected chi connectivity index (χ1v) is 10.1. The van der Waals surface area contributed by atoms with Gasteiger partial charge in [0.1, 0.15) is 5.75 Å². The van der Waals surface area contributed by atoms with Gasteiger partial charge in [0.2, 0.25) is 0 Å². The average Bonchev–Trinajstić information content (AvgIpc) is 3.21. The van der Waals surface area contributed by atoms with Crippen LogP contribution in [0.4, 0.5) is 0 Å². The molecule has 3 heterocycles. The maximum Gasteiger partial charge on any atom is 0.257 e. The summed E-state index contributed by atoms with van der Waals surface area (Å²) in [4.78, 5) is 17.4. The molecule has 0 saturated carbocycles. The van der Waals surface area contributed by atoms with Gasteiger partial charge in [-0.15, -0.1) is 0 Å². The van der Waals surface area contributed by atoms with Gasteiger partial charge in [0.05, 0.1) is 12.2 Å². The fourth-order valence-corrected chi connectivity index (χ4v) is 4.83. The van der Waals surface area contributed by atoms with Crippen molar-refractivity contribution in [1.82, 2.24) is 9.80 Å². The van der Waals surface area contributed by atoms with Crippen LogP contribution in [0.15, 0.2) is 24.3 Å². The van der Waals surface area contributed by atoms with E-state index in [1.165, 1.54) is 45.2 Å². The molecule has 2 atom stereocenters. The summed E-state index contributed by atoms with van der Waals surface area (Å²) < 4.78 is 6.23. The number of nitrogens with zero attached hydrogens (tertiary/aromatic N) is 2. The molecule has 0 N–H and O–H groups in total. The number of piperidine rings is 2. The highest BCUT2D eigenvalue weighted by Crippen LogP contribution is 2.32. The molecule has 0 aromatic heterocycles. The number of amides is 1. The Hall–Kier alpha value is -1.55. The average molecular weight is 342 g/mol. The van der Waals surface area contributed by atoms with Crippen LogP contribution in [0.2, 0.25) is 0 Å². The number of carbonyl (C=O) groups excluding carboxylic acids is 1. The first-order chi connectivity index (χ1) is 12.3. The summed E-state index contributed by atoms with van der Waals surface area (Å²) in [6.45, 7) is 5.02. The van der Waals surface area contributed by atoms with E-state index in [9.17, 15) is 4.79 Å². The maximum absolute atomic E-state index is 12.8. The lowest BCUT2D eigenvalue weighted by Crippen LogP contribution is -2.49. The molecule has 3 saturated heterocycles. The zero-order chi connectivity index (χ0) is 17.1. The third-order valence-corrected chi connectivity index (χ3v) is 6.19. The Balaban J connectivity index is 1.43. The predicted octanol–water partition coefficient (Wildman–Crippen LogP) is 3.57. The first kappa shape index (κ1) is 16.9. The summed E-state index contributed by atoms with van der Waals surface area (Å²) in [5.74, 6) is 1.51. The van der Waals surface area contributed by atoms with E-state index in [4.69, 9.17) is 4.74 Å². The molecule has 136 valence electrons.